The molecule has 3 fully saturated rings. The Morgan fingerprint density at radius 1 is 1.28 bits per heavy atom. The van der Waals surface area contributed by atoms with Crippen molar-refractivity contribution in [3.05, 3.63) is 16.8 Å². The zero-order valence-corrected chi connectivity index (χ0v) is 15.8. The Labute approximate surface area is 151 Å². The monoisotopic (exact) mass is 360 g/mol. The van der Waals surface area contributed by atoms with Gasteiger partial charge in [-0.2, -0.15) is 0 Å². The van der Waals surface area contributed by atoms with Crippen LogP contribution in [0.25, 0.3) is 10.2 Å². The van der Waals surface area contributed by atoms with E-state index in [0.717, 1.165) is 42.0 Å². The molecule has 5 rings (SSSR count). The van der Waals surface area contributed by atoms with Gasteiger partial charge in [0.25, 0.3) is 0 Å². The van der Waals surface area contributed by atoms with Crippen LogP contribution in [-0.4, -0.2) is 60.2 Å². The molecule has 134 valence electrons. The first kappa shape index (κ1) is 16.7. The maximum Gasteiger partial charge on any atom is 0.227 e. The first-order valence-corrected chi connectivity index (χ1v) is 9.67. The highest BCUT2D eigenvalue weighted by Crippen LogP contribution is 2.37. The summed E-state index contributed by atoms with van der Waals surface area (Å²) in [6, 6.07) is 0.242. The molecule has 0 aliphatic carbocycles. The molecule has 0 unspecified atom stereocenters. The topological polar surface area (TPSA) is 58.6 Å². The van der Waals surface area contributed by atoms with Gasteiger partial charge in [-0.25, -0.2) is 9.97 Å². The molecular weight excluding hydrogens is 336 g/mol. The largest absolute Gasteiger partial charge is 0.383 e. The van der Waals surface area contributed by atoms with Gasteiger partial charge in [0.05, 0.1) is 17.9 Å². The Hall–Kier alpha value is -1.73. The van der Waals surface area contributed by atoms with Gasteiger partial charge in [0.1, 0.15) is 17.0 Å². The van der Waals surface area contributed by atoms with E-state index in [9.17, 15) is 4.79 Å². The highest BCUT2D eigenvalue weighted by atomic mass is 32.1. The van der Waals surface area contributed by atoms with Gasteiger partial charge < -0.3 is 14.5 Å². The summed E-state index contributed by atoms with van der Waals surface area (Å²) in [7, 11) is 1.69. The summed E-state index contributed by atoms with van der Waals surface area (Å²) >= 11 is 1.72. The Balaban J connectivity index is 1.70. The molecule has 5 heterocycles. The van der Waals surface area contributed by atoms with Crippen LogP contribution in [-0.2, 0) is 9.53 Å². The van der Waals surface area contributed by atoms with Gasteiger partial charge in [-0.15, -0.1) is 11.3 Å². The Bertz CT molecular complexity index is 806. The molecule has 0 saturated carbocycles. The number of hydrogen-bond donors (Lipinski definition) is 0. The normalized spacial score (nSPS) is 23.6. The number of hydrogen-bond acceptors (Lipinski definition) is 6. The first-order chi connectivity index (χ1) is 12.1. The van der Waals surface area contributed by atoms with Crippen molar-refractivity contribution in [3.63, 3.8) is 0 Å². The lowest BCUT2D eigenvalue weighted by Gasteiger charge is -2.35. The maximum atomic E-state index is 12.8. The van der Waals surface area contributed by atoms with Crippen LogP contribution in [0.15, 0.2) is 6.33 Å². The van der Waals surface area contributed by atoms with Crippen molar-refractivity contribution in [2.45, 2.75) is 32.7 Å². The second-order valence-electron chi connectivity index (χ2n) is 7.02. The van der Waals surface area contributed by atoms with Gasteiger partial charge in [0.15, 0.2) is 0 Å². The van der Waals surface area contributed by atoms with E-state index in [1.165, 1.54) is 10.4 Å². The third-order valence-electron chi connectivity index (χ3n) is 5.57. The lowest BCUT2D eigenvalue weighted by molar-refractivity contribution is -0.140. The van der Waals surface area contributed by atoms with Gasteiger partial charge in [-0.1, -0.05) is 0 Å². The zero-order valence-electron chi connectivity index (χ0n) is 15.0. The van der Waals surface area contributed by atoms with E-state index in [0.29, 0.717) is 13.2 Å². The predicted molar refractivity (Wildman–Crippen MR) is 99.2 cm³/mol. The minimum Gasteiger partial charge on any atom is -0.383 e. The van der Waals surface area contributed by atoms with Gasteiger partial charge in [-0.3, -0.25) is 4.79 Å². The number of methoxy groups -OCH3 is 1. The summed E-state index contributed by atoms with van der Waals surface area (Å²) in [5, 5.41) is 1.15. The summed E-state index contributed by atoms with van der Waals surface area (Å²) in [6.07, 6.45) is 3.69. The number of carbonyl (C=O) groups excluding carboxylic acids is 1. The second-order valence-corrected chi connectivity index (χ2v) is 8.22. The van der Waals surface area contributed by atoms with E-state index in [2.05, 4.69) is 28.7 Å². The van der Waals surface area contributed by atoms with E-state index in [4.69, 9.17) is 4.74 Å². The van der Waals surface area contributed by atoms with Crippen LogP contribution in [0.3, 0.4) is 0 Å². The molecule has 2 bridgehead atoms. The highest BCUT2D eigenvalue weighted by molar-refractivity contribution is 7.18. The Kier molecular flexibility index (Phi) is 4.37. The van der Waals surface area contributed by atoms with Crippen molar-refractivity contribution in [1.82, 2.24) is 14.9 Å². The smallest absolute Gasteiger partial charge is 0.227 e. The molecule has 1 amide bonds. The van der Waals surface area contributed by atoms with Crippen LogP contribution < -0.4 is 4.90 Å². The fourth-order valence-corrected chi connectivity index (χ4v) is 5.09. The van der Waals surface area contributed by atoms with Gasteiger partial charge >= 0.3 is 0 Å². The molecule has 3 aliphatic rings. The summed E-state index contributed by atoms with van der Waals surface area (Å²) < 4.78 is 5.20. The third-order valence-corrected chi connectivity index (χ3v) is 6.69. The number of thiophene rings is 1. The molecule has 25 heavy (non-hydrogen) atoms. The first-order valence-electron chi connectivity index (χ1n) is 8.85. The number of aromatic nitrogens is 2. The van der Waals surface area contributed by atoms with E-state index in [1.54, 1.807) is 24.8 Å². The van der Waals surface area contributed by atoms with E-state index in [-0.39, 0.29) is 17.9 Å². The number of anilines is 1. The fourth-order valence-electron chi connectivity index (χ4n) is 4.10. The zero-order chi connectivity index (χ0) is 17.6. The number of carbonyl (C=O) groups is 1. The average molecular weight is 360 g/mol. The molecule has 7 heteroatoms. The molecule has 3 aliphatic heterocycles. The Morgan fingerprint density at radius 2 is 2.12 bits per heavy atom. The Morgan fingerprint density at radius 3 is 2.92 bits per heavy atom. The van der Waals surface area contributed by atoms with Crippen molar-refractivity contribution in [3.8, 4) is 0 Å². The molecule has 2 aromatic heterocycles. The molecule has 0 aromatic carbocycles. The van der Waals surface area contributed by atoms with Gasteiger partial charge in [0, 0.05) is 37.7 Å². The van der Waals surface area contributed by atoms with Crippen molar-refractivity contribution in [2.75, 3.05) is 38.3 Å². The molecule has 0 spiro atoms. The van der Waals surface area contributed by atoms with Crippen molar-refractivity contribution in [1.29, 1.82) is 0 Å². The third kappa shape index (κ3) is 2.79. The average Bonchev–Trinajstić information content (AvgIpc) is 2.77. The minimum atomic E-state index is 0.0562. The molecular formula is C18H24N4O2S. The molecule has 2 aromatic rings. The molecule has 0 radical (unpaired) electrons. The number of ether oxygens (including phenoxy) is 1. The number of piperidine rings is 1. The van der Waals surface area contributed by atoms with Crippen molar-refractivity contribution >= 4 is 33.3 Å². The quantitative estimate of drug-likeness (QED) is 0.838. The number of nitrogens with zero attached hydrogens (tertiary/aromatic N) is 4. The van der Waals surface area contributed by atoms with Crippen LogP contribution in [0, 0.1) is 19.8 Å². The van der Waals surface area contributed by atoms with Crippen LogP contribution >= 0.6 is 11.3 Å². The standard InChI is InChI=1S/C18H24N4O2S/c1-11-12(2)25-17-15(11)16(19-10-20-17)21-8-13-4-5-14(9-21)22(18(13)23)6-7-24-3/h10,13-14H,4-9H2,1-3H3/t13-,14+/m0/s1. The lowest BCUT2D eigenvalue weighted by Crippen LogP contribution is -2.49. The van der Waals surface area contributed by atoms with Gasteiger partial charge in [0.2, 0.25) is 5.91 Å². The van der Waals surface area contributed by atoms with Crippen LogP contribution in [0.5, 0.6) is 0 Å². The number of fused-ring (bicyclic) bond motifs is 5. The summed E-state index contributed by atoms with van der Waals surface area (Å²) in [5.74, 6) is 1.32. The second kappa shape index (κ2) is 6.53. The van der Waals surface area contributed by atoms with E-state index in [1.807, 2.05) is 4.90 Å². The molecule has 0 N–H and O–H groups in total. The summed E-state index contributed by atoms with van der Waals surface area (Å²) in [5.41, 5.74) is 1.26. The van der Waals surface area contributed by atoms with Crippen molar-refractivity contribution in [2.24, 2.45) is 5.92 Å². The molecule has 6 nitrogen and oxygen atoms in total. The molecule has 2 atom stereocenters. The van der Waals surface area contributed by atoms with Gasteiger partial charge in [-0.05, 0) is 32.3 Å². The minimum absolute atomic E-state index is 0.0562. The molecule has 3 saturated heterocycles. The van der Waals surface area contributed by atoms with Crippen LogP contribution in [0.2, 0.25) is 0 Å². The number of aryl methyl sites for hydroxylation is 2. The number of amides is 1. The van der Waals surface area contributed by atoms with Crippen molar-refractivity contribution < 1.29 is 9.53 Å². The highest BCUT2D eigenvalue weighted by Gasteiger charge is 2.41. The SMILES string of the molecule is COCCN1C(=O)[C@H]2CC[C@@H]1CN(c1ncnc3sc(C)c(C)c13)C2. The van der Waals surface area contributed by atoms with E-state index < -0.39 is 0 Å². The fraction of sp³-hybridized carbons (Fsp3) is 0.611. The predicted octanol–water partition coefficient (Wildman–Crippen LogP) is 2.38. The number of rotatable bonds is 4. The lowest BCUT2D eigenvalue weighted by atomic mass is 9.94. The van der Waals surface area contributed by atoms with E-state index >= 15 is 0 Å². The van der Waals surface area contributed by atoms with Crippen LogP contribution in [0.1, 0.15) is 23.3 Å². The summed E-state index contributed by atoms with van der Waals surface area (Å²) in [6.45, 7) is 7.14. The summed E-state index contributed by atoms with van der Waals surface area (Å²) in [4.78, 5) is 28.6. The maximum absolute atomic E-state index is 12.8. The van der Waals surface area contributed by atoms with Crippen LogP contribution in [0.4, 0.5) is 5.82 Å².